The van der Waals surface area contributed by atoms with Crippen LogP contribution in [0, 0.1) is 34.5 Å². The fraction of sp³-hybridized carbons (Fsp3) is 0.952. The molecule has 4 heteroatoms. The van der Waals surface area contributed by atoms with Crippen molar-refractivity contribution in [1.29, 1.82) is 0 Å². The molecule has 0 aromatic carbocycles. The number of carbonyl (C=O) groups is 1. The van der Waals surface area contributed by atoms with Gasteiger partial charge in [-0.3, -0.25) is 4.79 Å². The van der Waals surface area contributed by atoms with Crippen LogP contribution in [0.2, 0.25) is 0 Å². The lowest BCUT2D eigenvalue weighted by atomic mass is 9.39. The summed E-state index contributed by atoms with van der Waals surface area (Å²) in [6.45, 7) is 6.26. The highest BCUT2D eigenvalue weighted by Crippen LogP contribution is 2.74. The van der Waals surface area contributed by atoms with E-state index in [1.165, 1.54) is 0 Å². The Morgan fingerprint density at radius 1 is 1.04 bits per heavy atom. The van der Waals surface area contributed by atoms with E-state index < -0.39 is 17.5 Å². The number of fused-ring (bicyclic) bond motifs is 3. The number of carbonyl (C=O) groups excluding carboxylic acids is 1. The van der Waals surface area contributed by atoms with Gasteiger partial charge in [0.15, 0.2) is 5.79 Å². The van der Waals surface area contributed by atoms with Crippen LogP contribution in [0.25, 0.3) is 0 Å². The lowest BCUT2D eigenvalue weighted by molar-refractivity contribution is -0.436. The summed E-state index contributed by atoms with van der Waals surface area (Å²) in [6.07, 6.45) is 6.61. The molecule has 6 aliphatic rings. The fourth-order valence-electron chi connectivity index (χ4n) is 8.57. The first-order valence-corrected chi connectivity index (χ1v) is 10.3. The highest BCUT2D eigenvalue weighted by molar-refractivity contribution is 5.79. The molecular formula is C21H32O4. The third kappa shape index (κ3) is 1.73. The van der Waals surface area contributed by atoms with Crippen LogP contribution in [0.15, 0.2) is 0 Å². The molecule has 4 aliphatic carbocycles. The van der Waals surface area contributed by atoms with Crippen LogP contribution in [0.5, 0.6) is 0 Å². The summed E-state index contributed by atoms with van der Waals surface area (Å²) in [7, 11) is 0. The van der Waals surface area contributed by atoms with E-state index in [1.54, 1.807) is 6.92 Å². The van der Waals surface area contributed by atoms with Crippen molar-refractivity contribution in [2.24, 2.45) is 34.5 Å². The van der Waals surface area contributed by atoms with Gasteiger partial charge in [-0.15, -0.1) is 0 Å². The molecule has 6 rings (SSSR count). The van der Waals surface area contributed by atoms with Gasteiger partial charge >= 0.3 is 0 Å². The molecule has 140 valence electrons. The minimum atomic E-state index is -1.05. The number of hydrogen-bond acceptors (Lipinski definition) is 4. The van der Waals surface area contributed by atoms with E-state index in [-0.39, 0.29) is 28.4 Å². The monoisotopic (exact) mass is 348 g/mol. The van der Waals surface area contributed by atoms with Gasteiger partial charge in [-0.1, -0.05) is 13.8 Å². The van der Waals surface area contributed by atoms with Gasteiger partial charge in [0.1, 0.15) is 11.4 Å². The summed E-state index contributed by atoms with van der Waals surface area (Å²) in [6, 6.07) is 0. The summed E-state index contributed by atoms with van der Waals surface area (Å²) in [5.74, 6) is 0.426. The maximum atomic E-state index is 12.3. The lowest BCUT2D eigenvalue weighted by Gasteiger charge is -2.74. The Labute approximate surface area is 150 Å². The Morgan fingerprint density at radius 3 is 2.48 bits per heavy atom. The Balaban J connectivity index is 1.63. The Morgan fingerprint density at radius 2 is 1.76 bits per heavy atom. The molecule has 2 N–H and O–H groups in total. The zero-order valence-corrected chi connectivity index (χ0v) is 15.8. The highest BCUT2D eigenvalue weighted by atomic mass is 16.7. The second kappa shape index (κ2) is 4.69. The molecule has 2 unspecified atom stereocenters. The van der Waals surface area contributed by atoms with Crippen LogP contribution in [-0.4, -0.2) is 33.5 Å². The number of aliphatic hydroxyl groups excluding tert-OH is 1. The normalized spacial score (nSPS) is 62.4. The molecule has 6 fully saturated rings. The van der Waals surface area contributed by atoms with E-state index in [1.807, 2.05) is 0 Å². The van der Waals surface area contributed by atoms with Crippen LogP contribution in [-0.2, 0) is 9.53 Å². The molecule has 2 heterocycles. The topological polar surface area (TPSA) is 66.8 Å². The smallest absolute Gasteiger partial charge is 0.166 e. The summed E-state index contributed by atoms with van der Waals surface area (Å²) < 4.78 is 6.52. The largest absolute Gasteiger partial charge is 0.390 e. The molecule has 0 aromatic heterocycles. The van der Waals surface area contributed by atoms with Crippen molar-refractivity contribution in [2.45, 2.75) is 89.6 Å². The van der Waals surface area contributed by atoms with E-state index in [0.29, 0.717) is 24.7 Å². The van der Waals surface area contributed by atoms with Crippen molar-refractivity contribution in [1.82, 2.24) is 0 Å². The second-order valence-electron chi connectivity index (χ2n) is 10.4. The van der Waals surface area contributed by atoms with E-state index in [2.05, 4.69) is 13.8 Å². The van der Waals surface area contributed by atoms with E-state index in [4.69, 9.17) is 4.74 Å². The number of hydrogen-bond donors (Lipinski definition) is 2. The van der Waals surface area contributed by atoms with Crippen molar-refractivity contribution < 1.29 is 19.7 Å². The Kier molecular flexibility index (Phi) is 3.13. The van der Waals surface area contributed by atoms with E-state index in [0.717, 1.165) is 38.5 Å². The molecule has 2 aliphatic heterocycles. The molecule has 25 heavy (non-hydrogen) atoms. The molecule has 0 aromatic rings. The molecule has 1 spiro atoms. The standard InChI is InChI=1S/C21H32O4/c1-12(22)14-6-7-15-16-5-4-13-10-20(24)9-8-19(13,3)21(16,25-20)17(23)11-18(14,15)2/h13-17,23-24H,4-11H2,1-3H3/t13?,14-,15+,16+,17-,18-,19+,20?,21-/m1/s1. The molecule has 4 saturated carbocycles. The van der Waals surface area contributed by atoms with Gasteiger partial charge in [-0.25, -0.2) is 0 Å². The predicted octanol–water partition coefficient (Wildman–Crippen LogP) is 3.05. The Bertz CT molecular complexity index is 633. The summed E-state index contributed by atoms with van der Waals surface area (Å²) in [5, 5.41) is 22.5. The number of ether oxygens (including phenoxy) is 1. The molecule has 4 nitrogen and oxygen atoms in total. The van der Waals surface area contributed by atoms with Crippen molar-refractivity contribution in [3.05, 3.63) is 0 Å². The first kappa shape index (κ1) is 16.7. The van der Waals surface area contributed by atoms with Crippen molar-refractivity contribution in [3.63, 3.8) is 0 Å². The molecular weight excluding hydrogens is 316 g/mol. The molecule has 0 amide bonds. The zero-order chi connectivity index (χ0) is 17.8. The van der Waals surface area contributed by atoms with E-state index >= 15 is 0 Å². The third-order valence-electron chi connectivity index (χ3n) is 9.64. The molecule has 4 bridgehead atoms. The number of Topliss-reactive ketones (excluding diaryl/α,β-unsaturated/α-hetero) is 1. The van der Waals surface area contributed by atoms with Crippen molar-refractivity contribution in [3.8, 4) is 0 Å². The SMILES string of the molecule is CC(=O)[C@H]1CC[C@H]2[C@@H]3CCC4CC5(O)CC[C@]4(C)[C@]3(O5)[C@H](O)C[C@]12C. The fourth-order valence-corrected chi connectivity index (χ4v) is 8.57. The molecule has 2 saturated heterocycles. The summed E-state index contributed by atoms with van der Waals surface area (Å²) in [4.78, 5) is 12.3. The number of rotatable bonds is 1. The minimum Gasteiger partial charge on any atom is -0.390 e. The van der Waals surface area contributed by atoms with Gasteiger partial charge in [-0.2, -0.15) is 0 Å². The number of aliphatic hydroxyl groups is 2. The minimum absolute atomic E-state index is 0.0462. The number of ketones is 1. The Hall–Kier alpha value is -0.450. The van der Waals surface area contributed by atoms with Crippen LogP contribution in [0.1, 0.15) is 72.1 Å². The highest BCUT2D eigenvalue weighted by Gasteiger charge is 2.76. The van der Waals surface area contributed by atoms with Gasteiger partial charge in [0.25, 0.3) is 0 Å². The maximum absolute atomic E-state index is 12.3. The van der Waals surface area contributed by atoms with Gasteiger partial charge in [-0.05, 0) is 68.6 Å². The van der Waals surface area contributed by atoms with Crippen molar-refractivity contribution >= 4 is 5.78 Å². The average Bonchev–Trinajstić information content (AvgIpc) is 2.85. The van der Waals surface area contributed by atoms with Crippen LogP contribution < -0.4 is 0 Å². The maximum Gasteiger partial charge on any atom is 0.166 e. The lowest BCUT2D eigenvalue weighted by Crippen LogP contribution is -2.78. The average molecular weight is 348 g/mol. The van der Waals surface area contributed by atoms with Gasteiger partial charge < -0.3 is 14.9 Å². The van der Waals surface area contributed by atoms with Crippen LogP contribution >= 0.6 is 0 Å². The van der Waals surface area contributed by atoms with Gasteiger partial charge in [0.2, 0.25) is 0 Å². The van der Waals surface area contributed by atoms with Gasteiger partial charge in [0, 0.05) is 24.2 Å². The predicted molar refractivity (Wildman–Crippen MR) is 92.6 cm³/mol. The first-order chi connectivity index (χ1) is 11.7. The summed E-state index contributed by atoms with van der Waals surface area (Å²) in [5.41, 5.74) is -0.778. The first-order valence-electron chi connectivity index (χ1n) is 10.3. The quantitative estimate of drug-likeness (QED) is 0.764. The zero-order valence-electron chi connectivity index (χ0n) is 15.8. The summed E-state index contributed by atoms with van der Waals surface area (Å²) >= 11 is 0. The molecule has 9 atom stereocenters. The van der Waals surface area contributed by atoms with Crippen molar-refractivity contribution in [2.75, 3.05) is 0 Å². The second-order valence-corrected chi connectivity index (χ2v) is 10.4. The third-order valence-corrected chi connectivity index (χ3v) is 9.64. The van der Waals surface area contributed by atoms with E-state index in [9.17, 15) is 15.0 Å². The van der Waals surface area contributed by atoms with Gasteiger partial charge in [0.05, 0.1) is 6.10 Å². The molecule has 0 radical (unpaired) electrons. The van der Waals surface area contributed by atoms with Crippen LogP contribution in [0.4, 0.5) is 0 Å². The van der Waals surface area contributed by atoms with Crippen LogP contribution in [0.3, 0.4) is 0 Å².